The zero-order valence-electron chi connectivity index (χ0n) is 15.6. The van der Waals surface area contributed by atoms with Crippen LogP contribution in [0, 0.1) is 0 Å². The summed E-state index contributed by atoms with van der Waals surface area (Å²) in [6, 6.07) is 7.27. The number of nitrogens with zero attached hydrogens (tertiary/aromatic N) is 3. The molecule has 0 aliphatic carbocycles. The summed E-state index contributed by atoms with van der Waals surface area (Å²) in [4.78, 5) is 2.47. The molecule has 1 aromatic heterocycles. The van der Waals surface area contributed by atoms with Gasteiger partial charge >= 0.3 is 0 Å². The minimum Gasteiger partial charge on any atom is -0.477 e. The summed E-state index contributed by atoms with van der Waals surface area (Å²) in [5.41, 5.74) is 0.852. The predicted molar refractivity (Wildman–Crippen MR) is 112 cm³/mol. The molecular weight excluding hydrogens is 409 g/mol. The van der Waals surface area contributed by atoms with Crippen LogP contribution in [0.1, 0.15) is 26.7 Å². The van der Waals surface area contributed by atoms with Crippen LogP contribution < -0.4 is 4.74 Å². The van der Waals surface area contributed by atoms with E-state index in [2.05, 4.69) is 23.8 Å². The molecule has 2 heterocycles. The van der Waals surface area contributed by atoms with Crippen LogP contribution in [0.2, 0.25) is 10.0 Å². The highest BCUT2D eigenvalue weighted by Gasteiger charge is 2.21. The molecule has 2 atom stereocenters. The molecular formula is C19H26Cl3N3O2. The summed E-state index contributed by atoms with van der Waals surface area (Å²) < 4.78 is 13.3. The van der Waals surface area contributed by atoms with E-state index in [4.69, 9.17) is 32.7 Å². The van der Waals surface area contributed by atoms with E-state index in [1.807, 2.05) is 18.3 Å². The van der Waals surface area contributed by atoms with Gasteiger partial charge in [0.2, 0.25) is 5.88 Å². The van der Waals surface area contributed by atoms with Crippen molar-refractivity contribution >= 4 is 35.6 Å². The molecule has 0 N–H and O–H groups in total. The number of ether oxygens (including phenoxy) is 2. The fraction of sp³-hybridized carbons (Fsp3) is 0.526. The predicted octanol–water partition coefficient (Wildman–Crippen LogP) is 4.87. The van der Waals surface area contributed by atoms with Crippen molar-refractivity contribution in [2.24, 2.45) is 0 Å². The van der Waals surface area contributed by atoms with Crippen molar-refractivity contribution in [2.45, 2.75) is 38.9 Å². The van der Waals surface area contributed by atoms with E-state index < -0.39 is 0 Å². The van der Waals surface area contributed by atoms with Crippen LogP contribution in [0.25, 0.3) is 5.69 Å². The lowest BCUT2D eigenvalue weighted by Gasteiger charge is -2.35. The van der Waals surface area contributed by atoms with E-state index in [-0.39, 0.29) is 12.4 Å². The van der Waals surface area contributed by atoms with E-state index >= 15 is 0 Å². The van der Waals surface area contributed by atoms with E-state index in [1.54, 1.807) is 16.8 Å². The standard InChI is InChI=1S/C19H25Cl2N3O2.ClH/c1-14-12-23(13-15(2)26-14)8-3-4-10-25-19-7-9-24(22-19)16-5-6-17(20)18(21)11-16;/h5-7,9,11,14-15H,3-4,8,10,12-13H2,1-2H3;1H/t14-,15+;. The van der Waals surface area contributed by atoms with Gasteiger partial charge in [0, 0.05) is 25.4 Å². The van der Waals surface area contributed by atoms with E-state index in [0.717, 1.165) is 38.2 Å². The third-order valence-electron chi connectivity index (χ3n) is 4.35. The number of hydrogen-bond acceptors (Lipinski definition) is 4. The maximum atomic E-state index is 6.05. The molecule has 1 aliphatic rings. The molecule has 0 unspecified atom stereocenters. The number of unbranched alkanes of at least 4 members (excludes halogenated alkanes) is 1. The molecule has 150 valence electrons. The Balaban J connectivity index is 0.00000261. The maximum absolute atomic E-state index is 6.05. The molecule has 1 aromatic carbocycles. The average molecular weight is 435 g/mol. The Morgan fingerprint density at radius 3 is 2.56 bits per heavy atom. The smallest absolute Gasteiger partial charge is 0.233 e. The lowest BCUT2D eigenvalue weighted by molar-refractivity contribution is -0.0682. The second-order valence-electron chi connectivity index (χ2n) is 6.77. The van der Waals surface area contributed by atoms with Crippen LogP contribution in [0.3, 0.4) is 0 Å². The summed E-state index contributed by atoms with van der Waals surface area (Å²) in [6.45, 7) is 8.04. The molecule has 0 bridgehead atoms. The second-order valence-corrected chi connectivity index (χ2v) is 7.58. The summed E-state index contributed by atoms with van der Waals surface area (Å²) >= 11 is 12.0. The first kappa shape index (κ1) is 22.3. The number of benzene rings is 1. The Morgan fingerprint density at radius 1 is 1.11 bits per heavy atom. The van der Waals surface area contributed by atoms with Gasteiger partial charge in [0.25, 0.3) is 0 Å². The summed E-state index contributed by atoms with van der Waals surface area (Å²) in [7, 11) is 0. The van der Waals surface area contributed by atoms with Crippen molar-refractivity contribution in [1.29, 1.82) is 0 Å². The number of aromatic nitrogens is 2. The van der Waals surface area contributed by atoms with Gasteiger partial charge in [-0.25, -0.2) is 4.68 Å². The van der Waals surface area contributed by atoms with Gasteiger partial charge in [-0.1, -0.05) is 23.2 Å². The van der Waals surface area contributed by atoms with Crippen molar-refractivity contribution in [3.8, 4) is 11.6 Å². The van der Waals surface area contributed by atoms with Crippen LogP contribution in [0.4, 0.5) is 0 Å². The topological polar surface area (TPSA) is 39.5 Å². The van der Waals surface area contributed by atoms with Crippen LogP contribution in [-0.4, -0.2) is 53.1 Å². The maximum Gasteiger partial charge on any atom is 0.233 e. The Kier molecular flexibility index (Phi) is 8.70. The van der Waals surface area contributed by atoms with Crippen molar-refractivity contribution in [1.82, 2.24) is 14.7 Å². The Labute approximate surface area is 176 Å². The Bertz CT molecular complexity index is 716. The quantitative estimate of drug-likeness (QED) is 0.583. The highest BCUT2D eigenvalue weighted by molar-refractivity contribution is 6.42. The van der Waals surface area contributed by atoms with Gasteiger partial charge in [-0.2, -0.15) is 0 Å². The zero-order chi connectivity index (χ0) is 18.5. The van der Waals surface area contributed by atoms with Gasteiger partial charge in [0.1, 0.15) is 0 Å². The Morgan fingerprint density at radius 2 is 1.85 bits per heavy atom. The average Bonchev–Trinajstić information content (AvgIpc) is 3.05. The van der Waals surface area contributed by atoms with Crippen molar-refractivity contribution in [3.05, 3.63) is 40.5 Å². The number of hydrogen-bond donors (Lipinski definition) is 0. The van der Waals surface area contributed by atoms with Crippen molar-refractivity contribution in [2.75, 3.05) is 26.2 Å². The van der Waals surface area contributed by atoms with E-state index in [9.17, 15) is 0 Å². The second kappa shape index (κ2) is 10.5. The van der Waals surface area contributed by atoms with Gasteiger partial charge in [-0.05, 0) is 51.4 Å². The fourth-order valence-electron chi connectivity index (χ4n) is 3.24. The summed E-state index contributed by atoms with van der Waals surface area (Å²) in [5, 5.41) is 5.46. The molecule has 0 spiro atoms. The zero-order valence-corrected chi connectivity index (χ0v) is 17.9. The van der Waals surface area contributed by atoms with Gasteiger partial charge in [0.15, 0.2) is 0 Å². The van der Waals surface area contributed by atoms with Crippen LogP contribution in [0.5, 0.6) is 5.88 Å². The molecule has 0 radical (unpaired) electrons. The molecule has 5 nitrogen and oxygen atoms in total. The third-order valence-corrected chi connectivity index (χ3v) is 5.09. The largest absolute Gasteiger partial charge is 0.477 e. The fourth-order valence-corrected chi connectivity index (χ4v) is 3.53. The first-order chi connectivity index (χ1) is 12.5. The highest BCUT2D eigenvalue weighted by atomic mass is 35.5. The number of morpholine rings is 1. The van der Waals surface area contributed by atoms with Gasteiger partial charge in [-0.15, -0.1) is 17.5 Å². The number of halogens is 3. The normalized spacial score (nSPS) is 20.3. The third kappa shape index (κ3) is 6.54. The first-order valence-electron chi connectivity index (χ1n) is 9.03. The summed E-state index contributed by atoms with van der Waals surface area (Å²) in [6.07, 6.45) is 4.60. The molecule has 27 heavy (non-hydrogen) atoms. The monoisotopic (exact) mass is 433 g/mol. The van der Waals surface area contributed by atoms with Crippen LogP contribution in [0.15, 0.2) is 30.5 Å². The van der Waals surface area contributed by atoms with Gasteiger partial charge < -0.3 is 9.47 Å². The van der Waals surface area contributed by atoms with Crippen LogP contribution in [-0.2, 0) is 4.74 Å². The number of rotatable bonds is 7. The van der Waals surface area contributed by atoms with Crippen molar-refractivity contribution in [3.63, 3.8) is 0 Å². The molecule has 0 saturated carbocycles. The first-order valence-corrected chi connectivity index (χ1v) is 9.78. The van der Waals surface area contributed by atoms with E-state index in [1.165, 1.54) is 0 Å². The molecule has 2 aromatic rings. The molecule has 3 rings (SSSR count). The lowest BCUT2D eigenvalue weighted by atomic mass is 10.2. The Hall–Kier alpha value is -0.980. The van der Waals surface area contributed by atoms with Gasteiger partial charge in [-0.3, -0.25) is 4.90 Å². The van der Waals surface area contributed by atoms with Crippen molar-refractivity contribution < 1.29 is 9.47 Å². The minimum atomic E-state index is 0. The SMILES string of the molecule is C[C@@H]1CN(CCCCOc2ccn(-c3ccc(Cl)c(Cl)c3)n2)C[C@H](C)O1.Cl. The highest BCUT2D eigenvalue weighted by Crippen LogP contribution is 2.24. The molecule has 8 heteroatoms. The van der Waals surface area contributed by atoms with Crippen LogP contribution >= 0.6 is 35.6 Å². The van der Waals surface area contributed by atoms with E-state index in [0.29, 0.717) is 34.7 Å². The summed E-state index contributed by atoms with van der Waals surface area (Å²) in [5.74, 6) is 0.615. The van der Waals surface area contributed by atoms with Gasteiger partial charge in [0.05, 0.1) is 34.5 Å². The molecule has 1 saturated heterocycles. The molecule has 1 fully saturated rings. The minimum absolute atomic E-state index is 0. The molecule has 0 amide bonds. The lowest BCUT2D eigenvalue weighted by Crippen LogP contribution is -2.45. The molecule has 1 aliphatic heterocycles.